The van der Waals surface area contributed by atoms with Crippen molar-refractivity contribution in [1.29, 1.82) is 0 Å². The van der Waals surface area contributed by atoms with Crippen LogP contribution in [0.25, 0.3) is 17.0 Å². The number of aromatic nitrogens is 5. The van der Waals surface area contributed by atoms with Gasteiger partial charge in [-0.3, -0.25) is 0 Å². The van der Waals surface area contributed by atoms with E-state index >= 15 is 0 Å². The highest BCUT2D eigenvalue weighted by molar-refractivity contribution is 7.87. The molecule has 3 heterocycles. The summed E-state index contributed by atoms with van der Waals surface area (Å²) in [6.07, 6.45) is 1.53. The summed E-state index contributed by atoms with van der Waals surface area (Å²) in [5.41, 5.74) is 1.95. The topological polar surface area (TPSA) is 122 Å². The molecule has 0 fully saturated rings. The lowest BCUT2D eigenvalue weighted by atomic mass is 9.88. The Hall–Kier alpha value is -3.09. The van der Waals surface area contributed by atoms with E-state index in [2.05, 4.69) is 54.3 Å². The van der Waals surface area contributed by atoms with Crippen LogP contribution in [0.1, 0.15) is 58.4 Å². The largest absolute Gasteiger partial charge is 0.409 e. The van der Waals surface area contributed by atoms with Crippen molar-refractivity contribution in [1.82, 2.24) is 25.0 Å². The molecule has 0 saturated heterocycles. The Morgan fingerprint density at radius 3 is 2.32 bits per heavy atom. The van der Waals surface area contributed by atoms with Crippen LogP contribution in [0.15, 0.2) is 45.9 Å². The maximum absolute atomic E-state index is 13.1. The summed E-state index contributed by atoms with van der Waals surface area (Å²) in [4.78, 5) is 0.0411. The van der Waals surface area contributed by atoms with Gasteiger partial charge in [0.25, 0.3) is 5.88 Å². The van der Waals surface area contributed by atoms with Gasteiger partial charge in [-0.2, -0.15) is 13.5 Å². The number of aryl methyl sites for hydroxylation is 1. The summed E-state index contributed by atoms with van der Waals surface area (Å²) in [5, 5.41) is 17.1. The standard InChI is InChI=1S/C26H35N5O5SSi/c1-17-10-12-19(13-11-17)37(32,33)36-24-22(25(2,3)4)21-15-27-28-23(31(21)29-24)20-14-18(35-30-20)16-34-38(8,9)26(5,6)7/h10-15H,16H2,1-9H3. The molecule has 3 aromatic heterocycles. The zero-order chi connectivity index (χ0) is 28.1. The highest BCUT2D eigenvalue weighted by Gasteiger charge is 2.37. The van der Waals surface area contributed by atoms with E-state index in [9.17, 15) is 8.42 Å². The molecule has 10 nitrogen and oxygen atoms in total. The Bertz CT molecular complexity index is 1560. The van der Waals surface area contributed by atoms with Crippen molar-refractivity contribution in [3.63, 3.8) is 0 Å². The molecule has 0 atom stereocenters. The molecule has 0 N–H and O–H groups in total. The predicted molar refractivity (Wildman–Crippen MR) is 146 cm³/mol. The minimum atomic E-state index is -4.13. The normalized spacial score (nSPS) is 13.3. The van der Waals surface area contributed by atoms with Crippen LogP contribution in [0.4, 0.5) is 0 Å². The zero-order valence-electron chi connectivity index (χ0n) is 23.4. The molecular weight excluding hydrogens is 522 g/mol. The first-order valence-electron chi connectivity index (χ1n) is 12.4. The second-order valence-corrected chi connectivity index (χ2v) is 18.3. The predicted octanol–water partition coefficient (Wildman–Crippen LogP) is 5.67. The minimum absolute atomic E-state index is 0.0411. The first kappa shape index (κ1) is 27.9. The van der Waals surface area contributed by atoms with Crippen LogP contribution in [-0.4, -0.2) is 41.7 Å². The van der Waals surface area contributed by atoms with Gasteiger partial charge < -0.3 is 13.1 Å². The molecule has 38 heavy (non-hydrogen) atoms. The second kappa shape index (κ2) is 9.58. The van der Waals surface area contributed by atoms with E-state index in [1.165, 1.54) is 22.8 Å². The number of nitrogens with zero attached hydrogens (tertiary/aromatic N) is 5. The Morgan fingerprint density at radius 1 is 1.05 bits per heavy atom. The first-order chi connectivity index (χ1) is 17.5. The zero-order valence-corrected chi connectivity index (χ0v) is 25.2. The highest BCUT2D eigenvalue weighted by atomic mass is 32.2. The molecule has 0 saturated carbocycles. The van der Waals surface area contributed by atoms with E-state index in [1.54, 1.807) is 18.2 Å². The summed E-state index contributed by atoms with van der Waals surface area (Å²) < 4.78 is 45.1. The lowest BCUT2D eigenvalue weighted by Gasteiger charge is -2.35. The van der Waals surface area contributed by atoms with Crippen LogP contribution < -0.4 is 4.18 Å². The van der Waals surface area contributed by atoms with Crippen molar-refractivity contribution in [3.8, 4) is 17.4 Å². The van der Waals surface area contributed by atoms with Crippen molar-refractivity contribution in [2.45, 2.75) is 83.5 Å². The third-order valence-electron chi connectivity index (χ3n) is 6.84. The van der Waals surface area contributed by atoms with Crippen molar-refractivity contribution in [2.24, 2.45) is 0 Å². The Labute approximate surface area is 224 Å². The van der Waals surface area contributed by atoms with Gasteiger partial charge in [-0.05, 0) is 42.6 Å². The number of fused-ring (bicyclic) bond motifs is 1. The summed E-state index contributed by atoms with van der Waals surface area (Å²) in [6.45, 7) is 18.8. The maximum atomic E-state index is 13.1. The molecule has 1 aromatic carbocycles. The van der Waals surface area contributed by atoms with Gasteiger partial charge in [0.2, 0.25) is 5.82 Å². The summed E-state index contributed by atoms with van der Waals surface area (Å²) >= 11 is 0. The van der Waals surface area contributed by atoms with Crippen molar-refractivity contribution in [3.05, 3.63) is 53.4 Å². The quantitative estimate of drug-likeness (QED) is 0.209. The van der Waals surface area contributed by atoms with Crippen LogP contribution in [0.5, 0.6) is 5.88 Å². The maximum Gasteiger partial charge on any atom is 0.340 e. The molecule has 204 valence electrons. The van der Waals surface area contributed by atoms with Crippen molar-refractivity contribution < 1.29 is 21.5 Å². The van der Waals surface area contributed by atoms with Gasteiger partial charge in [0.1, 0.15) is 4.90 Å². The third-order valence-corrected chi connectivity index (χ3v) is 12.5. The molecule has 0 spiro atoms. The van der Waals surface area contributed by atoms with Gasteiger partial charge in [0.15, 0.2) is 19.8 Å². The molecule has 4 rings (SSSR count). The number of hydrogen-bond donors (Lipinski definition) is 0. The van der Waals surface area contributed by atoms with E-state index in [-0.39, 0.29) is 28.2 Å². The molecule has 0 amide bonds. The van der Waals surface area contributed by atoms with E-state index < -0.39 is 23.9 Å². The molecule has 0 aliphatic heterocycles. The molecule has 0 bridgehead atoms. The monoisotopic (exact) mass is 557 g/mol. The summed E-state index contributed by atoms with van der Waals surface area (Å²) in [7, 11) is -6.12. The fourth-order valence-corrected chi connectivity index (χ4v) is 5.43. The SMILES string of the molecule is Cc1ccc(S(=O)(=O)Oc2nn3c(-c4cc(CO[Si](C)(C)C(C)(C)C)on4)nncc3c2C(C)(C)C)cc1. The smallest absolute Gasteiger partial charge is 0.340 e. The van der Waals surface area contributed by atoms with Crippen LogP contribution >= 0.6 is 0 Å². The van der Waals surface area contributed by atoms with Gasteiger partial charge >= 0.3 is 10.1 Å². The van der Waals surface area contributed by atoms with Crippen molar-refractivity contribution >= 4 is 24.0 Å². The minimum Gasteiger partial charge on any atom is -0.409 e. The lowest BCUT2D eigenvalue weighted by Crippen LogP contribution is -2.40. The van der Waals surface area contributed by atoms with Crippen LogP contribution in [0.2, 0.25) is 18.1 Å². The fourth-order valence-electron chi connectivity index (χ4n) is 3.61. The Balaban J connectivity index is 1.73. The third kappa shape index (κ3) is 5.52. The summed E-state index contributed by atoms with van der Waals surface area (Å²) in [6, 6.07) is 8.18. The van der Waals surface area contributed by atoms with Gasteiger partial charge in [-0.1, -0.05) is 64.4 Å². The molecule has 12 heteroatoms. The van der Waals surface area contributed by atoms with E-state index in [1.807, 2.05) is 27.7 Å². The Morgan fingerprint density at radius 2 is 1.71 bits per heavy atom. The second-order valence-electron chi connectivity index (χ2n) is 12.0. The van der Waals surface area contributed by atoms with E-state index in [0.29, 0.717) is 22.5 Å². The first-order valence-corrected chi connectivity index (χ1v) is 16.7. The van der Waals surface area contributed by atoms with E-state index in [0.717, 1.165) is 5.56 Å². The Kier molecular flexibility index (Phi) is 7.04. The molecule has 0 unspecified atom stereocenters. The van der Waals surface area contributed by atoms with Crippen LogP contribution in [-0.2, 0) is 26.6 Å². The van der Waals surface area contributed by atoms with E-state index in [4.69, 9.17) is 13.1 Å². The average Bonchev–Trinajstić information content (AvgIpc) is 3.41. The molecule has 0 radical (unpaired) electrons. The van der Waals surface area contributed by atoms with Crippen molar-refractivity contribution in [2.75, 3.05) is 0 Å². The number of benzene rings is 1. The van der Waals surface area contributed by atoms with Crippen LogP contribution in [0.3, 0.4) is 0 Å². The molecule has 4 aromatic rings. The van der Waals surface area contributed by atoms with Gasteiger partial charge in [-0.15, -0.1) is 10.2 Å². The highest BCUT2D eigenvalue weighted by Crippen LogP contribution is 2.38. The number of rotatable bonds is 7. The van der Waals surface area contributed by atoms with Gasteiger partial charge in [0.05, 0.1) is 18.3 Å². The van der Waals surface area contributed by atoms with Gasteiger partial charge in [-0.25, -0.2) is 4.52 Å². The molecule has 0 aliphatic carbocycles. The fraction of sp³-hybridized carbons (Fsp3) is 0.462. The lowest BCUT2D eigenvalue weighted by molar-refractivity contribution is 0.230. The van der Waals surface area contributed by atoms with Crippen LogP contribution in [0, 0.1) is 6.92 Å². The summed E-state index contributed by atoms with van der Waals surface area (Å²) in [5.74, 6) is 0.794. The number of hydrogen-bond acceptors (Lipinski definition) is 9. The average molecular weight is 558 g/mol. The molecular formula is C26H35N5O5SSi. The molecule has 0 aliphatic rings. The van der Waals surface area contributed by atoms with Gasteiger partial charge in [0, 0.05) is 11.6 Å².